The summed E-state index contributed by atoms with van der Waals surface area (Å²) in [6.07, 6.45) is 0.0823. The third kappa shape index (κ3) is 8.27. The highest BCUT2D eigenvalue weighted by Gasteiger charge is 2.26. The molecule has 3 rings (SSSR count). The number of ether oxygens (including phenoxy) is 2. The minimum absolute atomic E-state index is 0.0175. The summed E-state index contributed by atoms with van der Waals surface area (Å²) in [7, 11) is 0. The van der Waals surface area contributed by atoms with Gasteiger partial charge in [0.25, 0.3) is 5.91 Å². The van der Waals surface area contributed by atoms with Crippen LogP contribution in [-0.2, 0) is 22.6 Å². The third-order valence-electron chi connectivity index (χ3n) is 5.43. The summed E-state index contributed by atoms with van der Waals surface area (Å²) in [4.78, 5) is 38.8. The summed E-state index contributed by atoms with van der Waals surface area (Å²) in [5, 5.41) is 5.51. The van der Waals surface area contributed by atoms with E-state index in [1.165, 1.54) is 12.1 Å². The molecule has 0 spiro atoms. The SMILES string of the molecule is CC(C)(C)OC(=O)NCc1ccc(F)cc1C(=O)NC1CCN(C(=O)OCc2ccccc2)CC1. The Bertz CT molecular complexity index is 1030. The summed E-state index contributed by atoms with van der Waals surface area (Å²) in [5.41, 5.74) is 0.869. The second-order valence-corrected chi connectivity index (χ2v) is 9.43. The van der Waals surface area contributed by atoms with Crippen LogP contribution < -0.4 is 10.6 Å². The van der Waals surface area contributed by atoms with Gasteiger partial charge in [-0.15, -0.1) is 0 Å². The number of piperidine rings is 1. The Morgan fingerprint density at radius 3 is 2.40 bits per heavy atom. The minimum Gasteiger partial charge on any atom is -0.445 e. The van der Waals surface area contributed by atoms with Crippen LogP contribution in [-0.4, -0.2) is 47.7 Å². The third-order valence-corrected chi connectivity index (χ3v) is 5.43. The van der Waals surface area contributed by atoms with Gasteiger partial charge in [-0.1, -0.05) is 36.4 Å². The molecule has 0 bridgehead atoms. The predicted octanol–water partition coefficient (Wildman–Crippen LogP) is 4.38. The van der Waals surface area contributed by atoms with Crippen LogP contribution in [0.4, 0.5) is 14.0 Å². The first-order chi connectivity index (χ1) is 16.6. The van der Waals surface area contributed by atoms with E-state index in [4.69, 9.17) is 9.47 Å². The van der Waals surface area contributed by atoms with Crippen LogP contribution in [0.5, 0.6) is 0 Å². The van der Waals surface area contributed by atoms with Crippen LogP contribution in [0.3, 0.4) is 0 Å². The maximum absolute atomic E-state index is 13.9. The molecular weight excluding hydrogens is 453 g/mol. The van der Waals surface area contributed by atoms with Gasteiger partial charge in [0.15, 0.2) is 0 Å². The first-order valence-corrected chi connectivity index (χ1v) is 11.6. The van der Waals surface area contributed by atoms with Crippen molar-refractivity contribution in [2.45, 2.75) is 58.4 Å². The molecule has 0 atom stereocenters. The molecule has 3 amide bonds. The zero-order valence-corrected chi connectivity index (χ0v) is 20.3. The van der Waals surface area contributed by atoms with E-state index in [0.717, 1.165) is 11.6 Å². The number of alkyl carbamates (subject to hydrolysis) is 1. The molecule has 35 heavy (non-hydrogen) atoms. The van der Waals surface area contributed by atoms with Crippen molar-refractivity contribution in [3.63, 3.8) is 0 Å². The Labute approximate surface area is 204 Å². The van der Waals surface area contributed by atoms with Crippen molar-refractivity contribution >= 4 is 18.1 Å². The number of rotatable bonds is 6. The van der Waals surface area contributed by atoms with Gasteiger partial charge in [0.2, 0.25) is 0 Å². The molecule has 1 aliphatic heterocycles. The number of carbonyl (C=O) groups excluding carboxylic acids is 3. The van der Waals surface area contributed by atoms with Crippen molar-refractivity contribution < 1.29 is 28.2 Å². The second-order valence-electron chi connectivity index (χ2n) is 9.43. The lowest BCUT2D eigenvalue weighted by molar-refractivity contribution is 0.0522. The van der Waals surface area contributed by atoms with E-state index in [0.29, 0.717) is 31.5 Å². The van der Waals surface area contributed by atoms with E-state index in [-0.39, 0.29) is 30.9 Å². The number of halogens is 1. The standard InChI is InChI=1S/C26H32FN3O5/c1-26(2,3)35-24(32)28-16-19-9-10-20(27)15-22(19)23(31)29-21-11-13-30(14-12-21)25(33)34-17-18-7-5-4-6-8-18/h4-10,15,21H,11-14,16-17H2,1-3H3,(H,28,32)(H,29,31). The first kappa shape index (κ1) is 26.0. The number of benzene rings is 2. The summed E-state index contributed by atoms with van der Waals surface area (Å²) in [6, 6.07) is 13.1. The van der Waals surface area contributed by atoms with E-state index in [1.807, 2.05) is 30.3 Å². The lowest BCUT2D eigenvalue weighted by Gasteiger charge is -2.31. The molecule has 0 aliphatic carbocycles. The predicted molar refractivity (Wildman–Crippen MR) is 128 cm³/mol. The molecule has 188 valence electrons. The maximum Gasteiger partial charge on any atom is 0.410 e. The number of hydrogen-bond acceptors (Lipinski definition) is 5. The van der Waals surface area contributed by atoms with E-state index in [9.17, 15) is 18.8 Å². The van der Waals surface area contributed by atoms with Crippen LogP contribution in [0.1, 0.15) is 55.1 Å². The molecule has 0 radical (unpaired) electrons. The number of likely N-dealkylation sites (tertiary alicyclic amines) is 1. The Morgan fingerprint density at radius 2 is 1.74 bits per heavy atom. The molecule has 2 aromatic rings. The van der Waals surface area contributed by atoms with E-state index in [1.54, 1.807) is 25.7 Å². The number of carbonyl (C=O) groups is 3. The zero-order chi connectivity index (χ0) is 25.4. The van der Waals surface area contributed by atoms with Crippen molar-refractivity contribution in [3.8, 4) is 0 Å². The fourth-order valence-corrected chi connectivity index (χ4v) is 3.68. The van der Waals surface area contributed by atoms with Gasteiger partial charge in [-0.2, -0.15) is 0 Å². The summed E-state index contributed by atoms with van der Waals surface area (Å²) < 4.78 is 24.5. The molecule has 2 aromatic carbocycles. The minimum atomic E-state index is -0.657. The lowest BCUT2D eigenvalue weighted by atomic mass is 10.0. The molecule has 1 aliphatic rings. The fourth-order valence-electron chi connectivity index (χ4n) is 3.68. The highest BCUT2D eigenvalue weighted by molar-refractivity contribution is 5.96. The van der Waals surface area contributed by atoms with Gasteiger partial charge >= 0.3 is 12.2 Å². The van der Waals surface area contributed by atoms with E-state index >= 15 is 0 Å². The van der Waals surface area contributed by atoms with E-state index in [2.05, 4.69) is 10.6 Å². The Morgan fingerprint density at radius 1 is 1.06 bits per heavy atom. The van der Waals surface area contributed by atoms with Gasteiger partial charge in [-0.25, -0.2) is 14.0 Å². The Balaban J connectivity index is 1.50. The smallest absolute Gasteiger partial charge is 0.410 e. The fraction of sp³-hybridized carbons (Fsp3) is 0.423. The Kier molecular flexibility index (Phi) is 8.68. The summed E-state index contributed by atoms with van der Waals surface area (Å²) in [5.74, 6) is -0.984. The Hall–Kier alpha value is -3.62. The highest BCUT2D eigenvalue weighted by atomic mass is 19.1. The largest absolute Gasteiger partial charge is 0.445 e. The van der Waals surface area contributed by atoms with Crippen LogP contribution in [0.25, 0.3) is 0 Å². The average Bonchev–Trinajstić information content (AvgIpc) is 2.81. The van der Waals surface area contributed by atoms with Crippen molar-refractivity contribution in [3.05, 3.63) is 71.0 Å². The van der Waals surface area contributed by atoms with Gasteiger partial charge in [0.1, 0.15) is 18.0 Å². The molecule has 2 N–H and O–H groups in total. The van der Waals surface area contributed by atoms with Crippen molar-refractivity contribution in [1.82, 2.24) is 15.5 Å². The van der Waals surface area contributed by atoms with Gasteiger partial charge in [0, 0.05) is 31.2 Å². The van der Waals surface area contributed by atoms with Gasteiger partial charge in [-0.05, 0) is 56.9 Å². The number of nitrogens with one attached hydrogen (secondary N) is 2. The molecule has 1 heterocycles. The topological polar surface area (TPSA) is 97.0 Å². The second kappa shape index (κ2) is 11.7. The summed E-state index contributed by atoms with van der Waals surface area (Å²) in [6.45, 7) is 6.34. The normalized spacial score (nSPS) is 14.2. The molecule has 8 nitrogen and oxygen atoms in total. The van der Waals surface area contributed by atoms with Crippen LogP contribution in [0, 0.1) is 5.82 Å². The lowest BCUT2D eigenvalue weighted by Crippen LogP contribution is -2.46. The van der Waals surface area contributed by atoms with Gasteiger partial charge < -0.3 is 25.0 Å². The maximum atomic E-state index is 13.9. The van der Waals surface area contributed by atoms with Crippen molar-refractivity contribution in [2.24, 2.45) is 0 Å². The number of nitrogens with zero attached hydrogens (tertiary/aromatic N) is 1. The average molecular weight is 486 g/mol. The molecule has 1 saturated heterocycles. The highest BCUT2D eigenvalue weighted by Crippen LogP contribution is 2.16. The van der Waals surface area contributed by atoms with Crippen molar-refractivity contribution in [2.75, 3.05) is 13.1 Å². The molecule has 0 unspecified atom stereocenters. The molecule has 9 heteroatoms. The molecule has 1 fully saturated rings. The quantitative estimate of drug-likeness (QED) is 0.633. The molecule has 0 saturated carbocycles. The van der Waals surface area contributed by atoms with E-state index < -0.39 is 23.4 Å². The zero-order valence-electron chi connectivity index (χ0n) is 20.3. The molecule has 0 aromatic heterocycles. The number of amides is 3. The van der Waals surface area contributed by atoms with Crippen LogP contribution in [0.2, 0.25) is 0 Å². The van der Waals surface area contributed by atoms with Gasteiger partial charge in [-0.3, -0.25) is 4.79 Å². The van der Waals surface area contributed by atoms with Crippen LogP contribution in [0.15, 0.2) is 48.5 Å². The monoisotopic (exact) mass is 485 g/mol. The first-order valence-electron chi connectivity index (χ1n) is 11.6. The van der Waals surface area contributed by atoms with Gasteiger partial charge in [0.05, 0.1) is 0 Å². The number of hydrogen-bond donors (Lipinski definition) is 2. The summed E-state index contributed by atoms with van der Waals surface area (Å²) >= 11 is 0. The van der Waals surface area contributed by atoms with Crippen LogP contribution >= 0.6 is 0 Å². The molecular formula is C26H32FN3O5. The van der Waals surface area contributed by atoms with Crippen molar-refractivity contribution in [1.29, 1.82) is 0 Å².